The summed E-state index contributed by atoms with van der Waals surface area (Å²) in [5.41, 5.74) is 1.03. The smallest absolute Gasteiger partial charge is 0.123 e. The molecule has 0 amide bonds. The van der Waals surface area contributed by atoms with Crippen molar-refractivity contribution in [3.8, 4) is 5.75 Å². The minimum Gasteiger partial charge on any atom is -0.496 e. The van der Waals surface area contributed by atoms with Crippen LogP contribution in [0.5, 0.6) is 5.75 Å². The van der Waals surface area contributed by atoms with Crippen molar-refractivity contribution < 1.29 is 9.13 Å². The van der Waals surface area contributed by atoms with E-state index in [1.807, 2.05) is 0 Å². The number of methoxy groups -OCH3 is 1. The van der Waals surface area contributed by atoms with Crippen LogP contribution in [0.3, 0.4) is 0 Å². The van der Waals surface area contributed by atoms with Crippen molar-refractivity contribution in [1.29, 1.82) is 0 Å². The molecule has 0 radical (unpaired) electrons. The maximum atomic E-state index is 13.5. The van der Waals surface area contributed by atoms with Gasteiger partial charge in [0.15, 0.2) is 0 Å². The third-order valence-electron chi connectivity index (χ3n) is 5.02. The third kappa shape index (κ3) is 2.83. The van der Waals surface area contributed by atoms with Gasteiger partial charge in [0.1, 0.15) is 11.6 Å². The highest BCUT2D eigenvalue weighted by Crippen LogP contribution is 2.38. The average molecular weight is 277 g/mol. The Hall–Kier alpha value is -1.09. The van der Waals surface area contributed by atoms with Crippen molar-refractivity contribution in [3.05, 3.63) is 29.6 Å². The normalized spacial score (nSPS) is 27.7. The molecule has 3 rings (SSSR count). The standard InChI is InChI=1S/C17H24FNO/c1-20-17-8-7-14(18)10-15(17)13-9-16(19-11-13)12-5-3-2-4-6-12/h7-8,10,12-13,16,19H,2-6,9,11H2,1H3. The van der Waals surface area contributed by atoms with Crippen molar-refractivity contribution in [2.24, 2.45) is 5.92 Å². The Labute approximate surface area is 120 Å². The zero-order valence-corrected chi connectivity index (χ0v) is 12.2. The zero-order chi connectivity index (χ0) is 13.9. The van der Waals surface area contributed by atoms with Crippen LogP contribution in [-0.2, 0) is 0 Å². The average Bonchev–Trinajstić information content (AvgIpc) is 2.98. The first-order valence-electron chi connectivity index (χ1n) is 7.84. The van der Waals surface area contributed by atoms with Gasteiger partial charge in [-0.2, -0.15) is 0 Å². The predicted molar refractivity (Wildman–Crippen MR) is 78.7 cm³/mol. The second-order valence-electron chi connectivity index (χ2n) is 6.23. The molecule has 1 saturated carbocycles. The molecule has 2 fully saturated rings. The molecule has 2 unspecified atom stereocenters. The monoisotopic (exact) mass is 277 g/mol. The Bertz CT molecular complexity index is 456. The van der Waals surface area contributed by atoms with Gasteiger partial charge in [-0.1, -0.05) is 19.3 Å². The summed E-state index contributed by atoms with van der Waals surface area (Å²) in [4.78, 5) is 0. The Kier molecular flexibility index (Phi) is 4.25. The van der Waals surface area contributed by atoms with Crippen molar-refractivity contribution in [3.63, 3.8) is 0 Å². The first kappa shape index (κ1) is 13.9. The summed E-state index contributed by atoms with van der Waals surface area (Å²) in [6.07, 6.45) is 7.96. The zero-order valence-electron chi connectivity index (χ0n) is 12.2. The Balaban J connectivity index is 1.71. The fraction of sp³-hybridized carbons (Fsp3) is 0.647. The van der Waals surface area contributed by atoms with Gasteiger partial charge in [0.25, 0.3) is 0 Å². The van der Waals surface area contributed by atoms with Crippen LogP contribution in [0, 0.1) is 11.7 Å². The van der Waals surface area contributed by atoms with E-state index in [2.05, 4.69) is 5.32 Å². The predicted octanol–water partition coefficient (Wildman–Crippen LogP) is 3.86. The molecule has 3 heteroatoms. The largest absolute Gasteiger partial charge is 0.496 e. The van der Waals surface area contributed by atoms with Gasteiger partial charge in [-0.25, -0.2) is 4.39 Å². The summed E-state index contributed by atoms with van der Waals surface area (Å²) in [6.45, 7) is 0.945. The molecule has 0 aromatic heterocycles. The van der Waals surface area contributed by atoms with Crippen LogP contribution in [0.2, 0.25) is 0 Å². The maximum absolute atomic E-state index is 13.5. The summed E-state index contributed by atoms with van der Waals surface area (Å²) in [6, 6.07) is 5.48. The van der Waals surface area contributed by atoms with Gasteiger partial charge in [-0.3, -0.25) is 0 Å². The van der Waals surface area contributed by atoms with E-state index in [0.29, 0.717) is 12.0 Å². The number of halogens is 1. The molecule has 0 spiro atoms. The summed E-state index contributed by atoms with van der Waals surface area (Å²) in [5, 5.41) is 3.67. The number of benzene rings is 1. The van der Waals surface area contributed by atoms with Crippen molar-refractivity contribution in [1.82, 2.24) is 5.32 Å². The van der Waals surface area contributed by atoms with E-state index in [0.717, 1.165) is 30.2 Å². The SMILES string of the molecule is COc1ccc(F)cc1C1CNC(C2CCCCC2)C1. The molecule has 1 N–H and O–H groups in total. The van der Waals surface area contributed by atoms with Gasteiger partial charge in [0, 0.05) is 24.1 Å². The molecule has 1 aliphatic carbocycles. The summed E-state index contributed by atoms with van der Waals surface area (Å²) in [7, 11) is 1.66. The van der Waals surface area contributed by atoms with E-state index in [1.54, 1.807) is 19.2 Å². The van der Waals surface area contributed by atoms with Gasteiger partial charge in [-0.15, -0.1) is 0 Å². The van der Waals surface area contributed by atoms with Gasteiger partial charge >= 0.3 is 0 Å². The number of rotatable bonds is 3. The molecule has 2 aliphatic rings. The lowest BCUT2D eigenvalue weighted by Crippen LogP contribution is -2.31. The van der Waals surface area contributed by atoms with Crippen LogP contribution in [0.1, 0.15) is 50.0 Å². The van der Waals surface area contributed by atoms with E-state index < -0.39 is 0 Å². The lowest BCUT2D eigenvalue weighted by Gasteiger charge is -2.27. The van der Waals surface area contributed by atoms with Crippen LogP contribution in [0.15, 0.2) is 18.2 Å². The number of nitrogens with one attached hydrogen (secondary N) is 1. The van der Waals surface area contributed by atoms with Gasteiger partial charge in [-0.05, 0) is 43.4 Å². The second kappa shape index (κ2) is 6.13. The fourth-order valence-electron chi connectivity index (χ4n) is 3.92. The van der Waals surface area contributed by atoms with Gasteiger partial charge < -0.3 is 10.1 Å². The van der Waals surface area contributed by atoms with Crippen LogP contribution in [0.4, 0.5) is 4.39 Å². The van der Waals surface area contributed by atoms with Crippen molar-refractivity contribution in [2.45, 2.75) is 50.5 Å². The minimum absolute atomic E-state index is 0.165. The quantitative estimate of drug-likeness (QED) is 0.906. The first-order chi connectivity index (χ1) is 9.78. The van der Waals surface area contributed by atoms with Crippen LogP contribution < -0.4 is 10.1 Å². The molecule has 1 saturated heterocycles. The Morgan fingerprint density at radius 3 is 2.75 bits per heavy atom. The van der Waals surface area contributed by atoms with Crippen LogP contribution >= 0.6 is 0 Å². The van der Waals surface area contributed by atoms with E-state index in [1.165, 1.54) is 38.2 Å². The van der Waals surface area contributed by atoms with Crippen molar-refractivity contribution >= 4 is 0 Å². The molecule has 1 heterocycles. The number of ether oxygens (including phenoxy) is 1. The van der Waals surface area contributed by atoms with E-state index in [4.69, 9.17) is 4.74 Å². The number of hydrogen-bond acceptors (Lipinski definition) is 2. The molecular weight excluding hydrogens is 253 g/mol. The molecule has 1 aliphatic heterocycles. The third-order valence-corrected chi connectivity index (χ3v) is 5.02. The molecule has 1 aromatic carbocycles. The highest BCUT2D eigenvalue weighted by Gasteiger charge is 2.33. The highest BCUT2D eigenvalue weighted by atomic mass is 19.1. The minimum atomic E-state index is -0.165. The Morgan fingerprint density at radius 1 is 1.20 bits per heavy atom. The molecule has 20 heavy (non-hydrogen) atoms. The lowest BCUT2D eigenvalue weighted by molar-refractivity contribution is 0.286. The summed E-state index contributed by atoms with van der Waals surface area (Å²) in [5.74, 6) is 1.85. The molecule has 1 aromatic rings. The summed E-state index contributed by atoms with van der Waals surface area (Å²) < 4.78 is 18.9. The fourth-order valence-corrected chi connectivity index (χ4v) is 3.92. The van der Waals surface area contributed by atoms with E-state index in [9.17, 15) is 4.39 Å². The molecule has 110 valence electrons. The lowest BCUT2D eigenvalue weighted by atomic mass is 9.81. The van der Waals surface area contributed by atoms with E-state index in [-0.39, 0.29) is 5.82 Å². The maximum Gasteiger partial charge on any atom is 0.123 e. The summed E-state index contributed by atoms with van der Waals surface area (Å²) >= 11 is 0. The van der Waals surface area contributed by atoms with Crippen LogP contribution in [-0.4, -0.2) is 19.7 Å². The molecule has 0 bridgehead atoms. The van der Waals surface area contributed by atoms with Gasteiger partial charge in [0.05, 0.1) is 7.11 Å². The van der Waals surface area contributed by atoms with Crippen LogP contribution in [0.25, 0.3) is 0 Å². The molecular formula is C17H24FNO. The Morgan fingerprint density at radius 2 is 2.00 bits per heavy atom. The topological polar surface area (TPSA) is 21.3 Å². The molecule has 2 atom stereocenters. The van der Waals surface area contributed by atoms with Crippen molar-refractivity contribution in [2.75, 3.05) is 13.7 Å². The van der Waals surface area contributed by atoms with E-state index >= 15 is 0 Å². The molecule has 2 nitrogen and oxygen atoms in total. The number of hydrogen-bond donors (Lipinski definition) is 1. The van der Waals surface area contributed by atoms with Gasteiger partial charge in [0.2, 0.25) is 0 Å². The second-order valence-corrected chi connectivity index (χ2v) is 6.23. The first-order valence-corrected chi connectivity index (χ1v) is 7.84. The highest BCUT2D eigenvalue weighted by molar-refractivity contribution is 5.37.